The zero-order valence-corrected chi connectivity index (χ0v) is 12.6. The molecule has 7 nitrogen and oxygen atoms in total. The molecule has 1 aromatic heterocycles. The quantitative estimate of drug-likeness (QED) is 0.805. The Morgan fingerprint density at radius 3 is 2.23 bits per heavy atom. The molecule has 0 saturated carbocycles. The van der Waals surface area contributed by atoms with Gasteiger partial charge >= 0.3 is 5.97 Å². The van der Waals surface area contributed by atoms with Crippen LogP contribution in [0.15, 0.2) is 24.3 Å². The summed E-state index contributed by atoms with van der Waals surface area (Å²) >= 11 is 0. The number of carbonyl (C=O) groups excluding carboxylic acids is 1. The van der Waals surface area contributed by atoms with Crippen molar-refractivity contribution < 1.29 is 9.53 Å². The fraction of sp³-hybridized carbons (Fsp3) is 0.333. The maximum absolute atomic E-state index is 12.0. The Bertz CT molecular complexity index is 635. The lowest BCUT2D eigenvalue weighted by Gasteiger charge is -2.07. The normalized spacial score (nSPS) is 10.7. The lowest BCUT2D eigenvalue weighted by molar-refractivity contribution is 0.0462. The number of nitrogens with two attached hydrogens (primary N) is 2. The molecule has 2 aromatic rings. The van der Waals surface area contributed by atoms with Crippen LogP contribution in [0.5, 0.6) is 0 Å². The van der Waals surface area contributed by atoms with Crippen molar-refractivity contribution in [2.75, 3.05) is 11.5 Å². The summed E-state index contributed by atoms with van der Waals surface area (Å²) < 4.78 is 5.14. The summed E-state index contributed by atoms with van der Waals surface area (Å²) in [6.07, 6.45) is 0.971. The topological polar surface area (TPSA) is 117 Å². The van der Waals surface area contributed by atoms with Crippen molar-refractivity contribution in [1.82, 2.24) is 15.0 Å². The summed E-state index contributed by atoms with van der Waals surface area (Å²) in [7, 11) is 0. The van der Waals surface area contributed by atoms with E-state index in [-0.39, 0.29) is 24.3 Å². The van der Waals surface area contributed by atoms with E-state index in [0.717, 1.165) is 6.42 Å². The molecule has 0 aliphatic heterocycles. The average molecular weight is 301 g/mol. The number of nitrogens with zero attached hydrogens (tertiary/aromatic N) is 3. The van der Waals surface area contributed by atoms with Crippen molar-refractivity contribution in [2.45, 2.75) is 26.9 Å². The van der Waals surface area contributed by atoms with Crippen molar-refractivity contribution >= 4 is 17.9 Å². The molecule has 0 aliphatic carbocycles. The molecule has 1 heterocycles. The Balaban J connectivity index is 1.97. The van der Waals surface area contributed by atoms with Gasteiger partial charge in [0.05, 0.1) is 5.56 Å². The molecular formula is C15H19N5O2. The molecule has 4 N–H and O–H groups in total. The zero-order valence-electron chi connectivity index (χ0n) is 12.6. The molecule has 7 heteroatoms. The van der Waals surface area contributed by atoms with Gasteiger partial charge in [-0.1, -0.05) is 26.0 Å². The highest BCUT2D eigenvalue weighted by Crippen LogP contribution is 2.11. The molecule has 0 radical (unpaired) electrons. The second-order valence-electron chi connectivity index (χ2n) is 5.34. The van der Waals surface area contributed by atoms with Crippen LogP contribution in [0.4, 0.5) is 11.9 Å². The third-order valence-corrected chi connectivity index (χ3v) is 2.88. The summed E-state index contributed by atoms with van der Waals surface area (Å²) in [6.45, 7) is 4.19. The Kier molecular flexibility index (Phi) is 4.88. The van der Waals surface area contributed by atoms with E-state index >= 15 is 0 Å². The standard InChI is InChI=1S/C15H19N5O2/c1-9(2)7-10-3-5-11(6-4-10)13(21)22-8-12-18-14(16)20-15(17)19-12/h3-6,9H,7-8H2,1-2H3,(H4,16,17,18,19,20). The third kappa shape index (κ3) is 4.41. The molecule has 0 fully saturated rings. The Morgan fingerprint density at radius 2 is 1.68 bits per heavy atom. The average Bonchev–Trinajstić information content (AvgIpc) is 2.44. The van der Waals surface area contributed by atoms with Crippen LogP contribution >= 0.6 is 0 Å². The second kappa shape index (κ2) is 6.84. The van der Waals surface area contributed by atoms with E-state index < -0.39 is 5.97 Å². The Hall–Kier alpha value is -2.70. The van der Waals surface area contributed by atoms with Crippen LogP contribution in [-0.4, -0.2) is 20.9 Å². The highest BCUT2D eigenvalue weighted by atomic mass is 16.5. The fourth-order valence-corrected chi connectivity index (χ4v) is 1.98. The van der Waals surface area contributed by atoms with E-state index in [2.05, 4.69) is 28.8 Å². The number of hydrogen-bond donors (Lipinski definition) is 2. The molecule has 0 amide bonds. The van der Waals surface area contributed by atoms with E-state index in [4.69, 9.17) is 16.2 Å². The summed E-state index contributed by atoms with van der Waals surface area (Å²) in [4.78, 5) is 23.3. The first-order valence-electron chi connectivity index (χ1n) is 6.96. The third-order valence-electron chi connectivity index (χ3n) is 2.88. The molecule has 0 saturated heterocycles. The highest BCUT2D eigenvalue weighted by molar-refractivity contribution is 5.89. The predicted molar refractivity (Wildman–Crippen MR) is 82.8 cm³/mol. The molecule has 0 atom stereocenters. The van der Waals surface area contributed by atoms with Gasteiger partial charge in [-0.2, -0.15) is 15.0 Å². The molecule has 22 heavy (non-hydrogen) atoms. The van der Waals surface area contributed by atoms with Gasteiger partial charge in [0.15, 0.2) is 12.4 Å². The van der Waals surface area contributed by atoms with Crippen molar-refractivity contribution in [3.63, 3.8) is 0 Å². The van der Waals surface area contributed by atoms with Gasteiger partial charge in [-0.15, -0.1) is 0 Å². The van der Waals surface area contributed by atoms with E-state index in [1.54, 1.807) is 12.1 Å². The minimum absolute atomic E-state index is 0.00316. The minimum atomic E-state index is -0.450. The number of aromatic nitrogens is 3. The number of rotatable bonds is 5. The monoisotopic (exact) mass is 301 g/mol. The van der Waals surface area contributed by atoms with Crippen LogP contribution in [0.2, 0.25) is 0 Å². The SMILES string of the molecule is CC(C)Cc1ccc(C(=O)OCc2nc(N)nc(N)n2)cc1. The van der Waals surface area contributed by atoms with Gasteiger partial charge in [-0.25, -0.2) is 4.79 Å². The van der Waals surface area contributed by atoms with Gasteiger partial charge in [0.25, 0.3) is 0 Å². The van der Waals surface area contributed by atoms with Crippen LogP contribution in [-0.2, 0) is 17.8 Å². The first-order chi connectivity index (χ1) is 10.4. The minimum Gasteiger partial charge on any atom is -0.454 e. The molecule has 0 spiro atoms. The number of esters is 1. The van der Waals surface area contributed by atoms with Gasteiger partial charge in [-0.05, 0) is 30.0 Å². The second-order valence-corrected chi connectivity index (χ2v) is 5.34. The maximum atomic E-state index is 12.0. The van der Waals surface area contributed by atoms with Crippen molar-refractivity contribution in [3.05, 3.63) is 41.2 Å². The van der Waals surface area contributed by atoms with Crippen molar-refractivity contribution in [3.8, 4) is 0 Å². The molecular weight excluding hydrogens is 282 g/mol. The smallest absolute Gasteiger partial charge is 0.338 e. The van der Waals surface area contributed by atoms with Crippen LogP contribution in [0.1, 0.15) is 35.6 Å². The van der Waals surface area contributed by atoms with Crippen molar-refractivity contribution in [1.29, 1.82) is 0 Å². The number of carbonyl (C=O) groups is 1. The van der Waals surface area contributed by atoms with Gasteiger partial charge < -0.3 is 16.2 Å². The number of hydrogen-bond acceptors (Lipinski definition) is 7. The summed E-state index contributed by atoms with van der Waals surface area (Å²) in [5, 5.41) is 0. The largest absolute Gasteiger partial charge is 0.454 e. The van der Waals surface area contributed by atoms with Crippen molar-refractivity contribution in [2.24, 2.45) is 5.92 Å². The molecule has 0 bridgehead atoms. The molecule has 1 aromatic carbocycles. The first kappa shape index (κ1) is 15.7. The lowest BCUT2D eigenvalue weighted by atomic mass is 10.0. The van der Waals surface area contributed by atoms with Gasteiger partial charge in [0, 0.05) is 0 Å². The first-order valence-corrected chi connectivity index (χ1v) is 6.96. The van der Waals surface area contributed by atoms with Gasteiger partial charge in [-0.3, -0.25) is 0 Å². The number of anilines is 2. The van der Waals surface area contributed by atoms with Crippen LogP contribution in [0.25, 0.3) is 0 Å². The maximum Gasteiger partial charge on any atom is 0.338 e. The lowest BCUT2D eigenvalue weighted by Crippen LogP contribution is -2.11. The van der Waals surface area contributed by atoms with E-state index in [1.165, 1.54) is 5.56 Å². The molecule has 0 aliphatic rings. The van der Waals surface area contributed by atoms with E-state index in [1.807, 2.05) is 12.1 Å². The van der Waals surface area contributed by atoms with Gasteiger partial charge in [0.1, 0.15) is 0 Å². The van der Waals surface area contributed by atoms with Gasteiger partial charge in [0.2, 0.25) is 11.9 Å². The Labute approximate surface area is 128 Å². The van der Waals surface area contributed by atoms with Crippen LogP contribution in [0.3, 0.4) is 0 Å². The highest BCUT2D eigenvalue weighted by Gasteiger charge is 2.10. The fourth-order valence-electron chi connectivity index (χ4n) is 1.98. The summed E-state index contributed by atoms with van der Waals surface area (Å²) in [5.41, 5.74) is 12.6. The molecule has 116 valence electrons. The number of benzene rings is 1. The zero-order chi connectivity index (χ0) is 16.1. The van der Waals surface area contributed by atoms with Crippen LogP contribution in [0, 0.1) is 5.92 Å². The predicted octanol–water partition coefficient (Wildman–Crippen LogP) is 1.59. The number of ether oxygens (including phenoxy) is 1. The van der Waals surface area contributed by atoms with E-state index in [0.29, 0.717) is 11.5 Å². The number of nitrogen functional groups attached to an aromatic ring is 2. The van der Waals surface area contributed by atoms with E-state index in [9.17, 15) is 4.79 Å². The molecule has 2 rings (SSSR count). The Morgan fingerprint density at radius 1 is 1.09 bits per heavy atom. The van der Waals surface area contributed by atoms with Crippen LogP contribution < -0.4 is 11.5 Å². The summed E-state index contributed by atoms with van der Waals surface area (Å²) in [6, 6.07) is 7.34. The summed E-state index contributed by atoms with van der Waals surface area (Å²) in [5.74, 6) is 0.328. The molecule has 0 unspecified atom stereocenters.